The van der Waals surface area contributed by atoms with Gasteiger partial charge in [-0.1, -0.05) is 0 Å². The molecule has 0 unspecified atom stereocenters. The third kappa shape index (κ3) is 4.00. The van der Waals surface area contributed by atoms with Gasteiger partial charge in [-0.05, 0) is 78.9 Å². The number of ether oxygens (including phenoxy) is 1. The van der Waals surface area contributed by atoms with E-state index in [9.17, 15) is 9.90 Å². The highest BCUT2D eigenvalue weighted by molar-refractivity contribution is 14.1. The van der Waals surface area contributed by atoms with Gasteiger partial charge in [0.2, 0.25) is 0 Å². The number of halogens is 1. The summed E-state index contributed by atoms with van der Waals surface area (Å²) in [5.41, 5.74) is 0.820. The summed E-state index contributed by atoms with van der Waals surface area (Å²) in [7, 11) is 0. The minimum absolute atomic E-state index is 0.0363. The van der Waals surface area contributed by atoms with Gasteiger partial charge >= 0.3 is 0 Å². The Morgan fingerprint density at radius 1 is 1.39 bits per heavy atom. The number of carbonyl (C=O) groups excluding carboxylic acids is 1. The van der Waals surface area contributed by atoms with Gasteiger partial charge in [0.1, 0.15) is 0 Å². The second-order valence-corrected chi connectivity index (χ2v) is 6.87. The van der Waals surface area contributed by atoms with E-state index in [1.54, 1.807) is 11.0 Å². The Balaban J connectivity index is 2.39. The van der Waals surface area contributed by atoms with Crippen LogP contribution in [0.5, 0.6) is 11.5 Å². The zero-order valence-corrected chi connectivity index (χ0v) is 16.3. The predicted molar refractivity (Wildman–Crippen MR) is 103 cm³/mol. The van der Waals surface area contributed by atoms with Crippen LogP contribution in [0.3, 0.4) is 0 Å². The number of aliphatic imine (C=N–C) groups is 1. The van der Waals surface area contributed by atoms with E-state index in [-0.39, 0.29) is 11.7 Å². The predicted octanol–water partition coefficient (Wildman–Crippen LogP) is 3.71. The van der Waals surface area contributed by atoms with Gasteiger partial charge in [-0.3, -0.25) is 14.7 Å². The van der Waals surface area contributed by atoms with Crippen molar-refractivity contribution in [2.24, 2.45) is 4.99 Å². The van der Waals surface area contributed by atoms with Crippen molar-refractivity contribution in [1.29, 1.82) is 0 Å². The standard InChI is InChI=1S/C16H19IN2O3S/c1-4-18-16-19(5-2)15(21)13(23-16)9-10-7-11(17)14(20)12(8-10)22-6-3/h7-9,20H,4-6H2,1-3H3/b13-9+,18-16?. The molecule has 0 spiro atoms. The Morgan fingerprint density at radius 3 is 2.74 bits per heavy atom. The molecule has 0 atom stereocenters. The van der Waals surface area contributed by atoms with E-state index in [0.29, 0.717) is 33.9 Å². The molecule has 1 N–H and O–H groups in total. The van der Waals surface area contributed by atoms with Crippen molar-refractivity contribution < 1.29 is 14.6 Å². The second kappa shape index (κ2) is 8.05. The SMILES string of the molecule is CCN=C1S/C(=C/c2cc(I)c(O)c(OCC)c2)C(=O)N1CC. The topological polar surface area (TPSA) is 62.1 Å². The van der Waals surface area contributed by atoms with Crippen molar-refractivity contribution in [3.05, 3.63) is 26.2 Å². The number of rotatable bonds is 5. The zero-order chi connectivity index (χ0) is 17.0. The van der Waals surface area contributed by atoms with Crippen molar-refractivity contribution in [2.45, 2.75) is 20.8 Å². The Bertz CT molecular complexity index is 674. The lowest BCUT2D eigenvalue weighted by atomic mass is 10.2. The highest BCUT2D eigenvalue weighted by Gasteiger charge is 2.31. The van der Waals surface area contributed by atoms with E-state index in [1.807, 2.05) is 32.9 Å². The molecule has 1 fully saturated rings. The number of nitrogens with zero attached hydrogens (tertiary/aromatic N) is 2. The Morgan fingerprint density at radius 2 is 2.13 bits per heavy atom. The van der Waals surface area contributed by atoms with E-state index in [4.69, 9.17) is 4.74 Å². The van der Waals surface area contributed by atoms with E-state index in [1.165, 1.54) is 11.8 Å². The lowest BCUT2D eigenvalue weighted by molar-refractivity contribution is -0.122. The number of phenolic OH excluding ortho intramolecular Hbond substituents is 1. The largest absolute Gasteiger partial charge is 0.504 e. The number of phenols is 1. The molecule has 1 saturated heterocycles. The number of amidine groups is 1. The Labute approximate surface area is 153 Å². The minimum Gasteiger partial charge on any atom is -0.504 e. The summed E-state index contributed by atoms with van der Waals surface area (Å²) in [5, 5.41) is 10.7. The molecule has 1 aliphatic rings. The van der Waals surface area contributed by atoms with E-state index in [2.05, 4.69) is 27.6 Å². The average molecular weight is 446 g/mol. The fourth-order valence-corrected chi connectivity index (χ4v) is 3.86. The quantitative estimate of drug-likeness (QED) is 0.554. The van der Waals surface area contributed by atoms with Crippen molar-refractivity contribution in [2.75, 3.05) is 19.7 Å². The van der Waals surface area contributed by atoms with Crippen molar-refractivity contribution in [1.82, 2.24) is 4.90 Å². The number of hydrogen-bond acceptors (Lipinski definition) is 5. The van der Waals surface area contributed by atoms with Crippen molar-refractivity contribution >= 4 is 51.5 Å². The van der Waals surface area contributed by atoms with Crippen LogP contribution in [0.15, 0.2) is 22.0 Å². The maximum Gasteiger partial charge on any atom is 0.266 e. The summed E-state index contributed by atoms with van der Waals surface area (Å²) in [6, 6.07) is 3.57. The number of thioether (sulfide) groups is 1. The van der Waals surface area contributed by atoms with Crippen LogP contribution in [0.4, 0.5) is 0 Å². The molecule has 1 aromatic rings. The average Bonchev–Trinajstić information content (AvgIpc) is 2.80. The van der Waals surface area contributed by atoms with Crippen LogP contribution in [0, 0.1) is 3.57 Å². The number of aromatic hydroxyl groups is 1. The molecule has 0 radical (unpaired) electrons. The first-order chi connectivity index (χ1) is 11.0. The summed E-state index contributed by atoms with van der Waals surface area (Å²) < 4.78 is 6.13. The molecule has 2 rings (SSSR count). The van der Waals surface area contributed by atoms with Crippen LogP contribution >= 0.6 is 34.4 Å². The van der Waals surface area contributed by atoms with Gasteiger partial charge < -0.3 is 9.84 Å². The van der Waals surface area contributed by atoms with Gasteiger partial charge in [0.25, 0.3) is 5.91 Å². The van der Waals surface area contributed by atoms with E-state index >= 15 is 0 Å². The van der Waals surface area contributed by atoms with Crippen LogP contribution in [0.1, 0.15) is 26.3 Å². The Kier molecular flexibility index (Phi) is 6.34. The molecule has 0 saturated carbocycles. The number of likely N-dealkylation sites (N-methyl/N-ethyl adjacent to an activating group) is 1. The van der Waals surface area contributed by atoms with E-state index in [0.717, 1.165) is 10.7 Å². The normalized spacial score (nSPS) is 18.3. The number of benzene rings is 1. The third-order valence-electron chi connectivity index (χ3n) is 3.15. The highest BCUT2D eigenvalue weighted by atomic mass is 127. The maximum atomic E-state index is 12.5. The number of carbonyl (C=O) groups is 1. The van der Waals surface area contributed by atoms with Crippen LogP contribution in [-0.4, -0.2) is 40.8 Å². The molecule has 1 aliphatic heterocycles. The van der Waals surface area contributed by atoms with Crippen molar-refractivity contribution in [3.8, 4) is 11.5 Å². The first-order valence-corrected chi connectivity index (χ1v) is 9.32. The molecule has 0 bridgehead atoms. The summed E-state index contributed by atoms with van der Waals surface area (Å²) in [6.07, 6.45) is 1.82. The van der Waals surface area contributed by atoms with Gasteiger partial charge in [-0.15, -0.1) is 0 Å². The minimum atomic E-state index is -0.0363. The van der Waals surface area contributed by atoms with Gasteiger partial charge in [0.15, 0.2) is 16.7 Å². The Hall–Kier alpha value is -1.22. The second-order valence-electron chi connectivity index (χ2n) is 4.70. The van der Waals surface area contributed by atoms with Crippen LogP contribution < -0.4 is 4.74 Å². The molecular formula is C16H19IN2O3S. The first kappa shape index (κ1) is 18.1. The third-order valence-corrected chi connectivity index (χ3v) is 5.01. The zero-order valence-electron chi connectivity index (χ0n) is 13.3. The summed E-state index contributed by atoms with van der Waals surface area (Å²) >= 11 is 3.43. The van der Waals surface area contributed by atoms with Gasteiger partial charge in [0.05, 0.1) is 15.1 Å². The number of hydrogen-bond donors (Lipinski definition) is 1. The smallest absolute Gasteiger partial charge is 0.266 e. The molecule has 7 heteroatoms. The molecule has 5 nitrogen and oxygen atoms in total. The first-order valence-electron chi connectivity index (χ1n) is 7.42. The molecule has 0 aromatic heterocycles. The van der Waals surface area contributed by atoms with Crippen molar-refractivity contribution in [3.63, 3.8) is 0 Å². The summed E-state index contributed by atoms with van der Waals surface area (Å²) in [5.74, 6) is 0.519. The summed E-state index contributed by atoms with van der Waals surface area (Å²) in [4.78, 5) is 19.1. The number of amides is 1. The molecule has 0 aliphatic carbocycles. The molecule has 1 aromatic carbocycles. The molecule has 124 valence electrons. The monoisotopic (exact) mass is 446 g/mol. The maximum absolute atomic E-state index is 12.5. The van der Waals surface area contributed by atoms with Crippen LogP contribution in [-0.2, 0) is 4.79 Å². The lowest BCUT2D eigenvalue weighted by Gasteiger charge is -2.11. The lowest BCUT2D eigenvalue weighted by Crippen LogP contribution is -2.28. The van der Waals surface area contributed by atoms with Gasteiger partial charge in [-0.2, -0.15) is 0 Å². The fraction of sp³-hybridized carbons (Fsp3) is 0.375. The van der Waals surface area contributed by atoms with E-state index < -0.39 is 0 Å². The van der Waals surface area contributed by atoms with Gasteiger partial charge in [0, 0.05) is 13.1 Å². The summed E-state index contributed by atoms with van der Waals surface area (Å²) in [6.45, 7) is 7.45. The highest BCUT2D eigenvalue weighted by Crippen LogP contribution is 2.36. The van der Waals surface area contributed by atoms with Crippen LogP contribution in [0.25, 0.3) is 6.08 Å². The molecular weight excluding hydrogens is 427 g/mol. The van der Waals surface area contributed by atoms with Gasteiger partial charge in [-0.25, -0.2) is 0 Å². The molecule has 1 amide bonds. The molecule has 1 heterocycles. The van der Waals surface area contributed by atoms with Crippen LogP contribution in [0.2, 0.25) is 0 Å². The molecule has 23 heavy (non-hydrogen) atoms. The fourth-order valence-electron chi connectivity index (χ4n) is 2.13.